The van der Waals surface area contributed by atoms with E-state index < -0.39 is 11.9 Å². The summed E-state index contributed by atoms with van der Waals surface area (Å²) in [6.07, 6.45) is 5.10. The average Bonchev–Trinajstić information content (AvgIpc) is 2.41. The van der Waals surface area contributed by atoms with E-state index in [0.29, 0.717) is 11.5 Å². The van der Waals surface area contributed by atoms with Crippen molar-refractivity contribution in [1.82, 2.24) is 0 Å². The molecule has 0 heterocycles. The molecule has 1 aromatic rings. The summed E-state index contributed by atoms with van der Waals surface area (Å²) in [6, 6.07) is 4.61. The highest BCUT2D eigenvalue weighted by atomic mass is 35.5. The zero-order valence-electron chi connectivity index (χ0n) is 10.7. The van der Waals surface area contributed by atoms with Crippen LogP contribution in [0.1, 0.15) is 50.7 Å². The standard InChI is InChI=1S/C15H20ClFO/c1-2-10-4-3-5-11(8-10)15(18)12-6-7-13(16)14(17)9-12/h6-7,9-11,15,18H,2-5,8H2,1H3. The number of hydrogen-bond donors (Lipinski definition) is 1. The van der Waals surface area contributed by atoms with Crippen LogP contribution in [0.25, 0.3) is 0 Å². The van der Waals surface area contributed by atoms with Crippen molar-refractivity contribution in [2.75, 3.05) is 0 Å². The normalized spacial score (nSPS) is 26.0. The van der Waals surface area contributed by atoms with Crippen LogP contribution in [0.3, 0.4) is 0 Å². The molecule has 2 rings (SSSR count). The SMILES string of the molecule is CCC1CCCC(C(O)c2ccc(Cl)c(F)c2)C1. The lowest BCUT2D eigenvalue weighted by Crippen LogP contribution is -2.21. The van der Waals surface area contributed by atoms with Gasteiger partial charge in [-0.3, -0.25) is 0 Å². The van der Waals surface area contributed by atoms with Gasteiger partial charge in [-0.1, -0.05) is 43.9 Å². The first-order valence-electron chi connectivity index (χ1n) is 6.74. The van der Waals surface area contributed by atoms with Crippen LogP contribution in [0.5, 0.6) is 0 Å². The molecule has 0 aliphatic heterocycles. The van der Waals surface area contributed by atoms with Crippen LogP contribution in [0, 0.1) is 17.7 Å². The number of aliphatic hydroxyl groups is 1. The molecule has 3 unspecified atom stereocenters. The van der Waals surface area contributed by atoms with E-state index in [9.17, 15) is 9.50 Å². The molecule has 1 aliphatic rings. The lowest BCUT2D eigenvalue weighted by molar-refractivity contribution is 0.0676. The van der Waals surface area contributed by atoms with E-state index in [2.05, 4.69) is 6.92 Å². The maximum atomic E-state index is 13.4. The summed E-state index contributed by atoms with van der Waals surface area (Å²) in [5.41, 5.74) is 0.652. The first-order valence-corrected chi connectivity index (χ1v) is 7.12. The largest absolute Gasteiger partial charge is 0.388 e. The van der Waals surface area contributed by atoms with Crippen LogP contribution in [0.2, 0.25) is 5.02 Å². The highest BCUT2D eigenvalue weighted by Crippen LogP contribution is 2.38. The van der Waals surface area contributed by atoms with Crippen molar-refractivity contribution in [2.45, 2.75) is 45.1 Å². The van der Waals surface area contributed by atoms with Gasteiger partial charge in [0.25, 0.3) is 0 Å². The van der Waals surface area contributed by atoms with E-state index in [1.807, 2.05) is 0 Å². The van der Waals surface area contributed by atoms with Gasteiger partial charge in [-0.2, -0.15) is 0 Å². The Morgan fingerprint density at radius 1 is 1.44 bits per heavy atom. The van der Waals surface area contributed by atoms with Gasteiger partial charge in [-0.25, -0.2) is 4.39 Å². The number of rotatable bonds is 3. The Morgan fingerprint density at radius 3 is 2.89 bits per heavy atom. The van der Waals surface area contributed by atoms with Crippen molar-refractivity contribution in [3.63, 3.8) is 0 Å². The number of aliphatic hydroxyl groups excluding tert-OH is 1. The quantitative estimate of drug-likeness (QED) is 0.842. The fourth-order valence-corrected chi connectivity index (χ4v) is 3.08. The molecule has 18 heavy (non-hydrogen) atoms. The van der Waals surface area contributed by atoms with Crippen LogP contribution in [0.4, 0.5) is 4.39 Å². The van der Waals surface area contributed by atoms with E-state index in [1.54, 1.807) is 6.07 Å². The highest BCUT2D eigenvalue weighted by Gasteiger charge is 2.27. The number of benzene rings is 1. The summed E-state index contributed by atoms with van der Waals surface area (Å²) in [5.74, 6) is 0.510. The van der Waals surface area contributed by atoms with Crippen molar-refractivity contribution < 1.29 is 9.50 Å². The van der Waals surface area contributed by atoms with Gasteiger partial charge in [-0.05, 0) is 42.4 Å². The highest BCUT2D eigenvalue weighted by molar-refractivity contribution is 6.30. The summed E-state index contributed by atoms with van der Waals surface area (Å²) in [5, 5.41) is 10.5. The molecule has 0 amide bonds. The zero-order chi connectivity index (χ0) is 13.1. The first-order chi connectivity index (χ1) is 8.61. The minimum atomic E-state index is -0.564. The fraction of sp³-hybridized carbons (Fsp3) is 0.600. The van der Waals surface area contributed by atoms with Gasteiger partial charge in [0.2, 0.25) is 0 Å². The molecular weight excluding hydrogens is 251 g/mol. The van der Waals surface area contributed by atoms with Gasteiger partial charge in [0.15, 0.2) is 0 Å². The Kier molecular flexibility index (Phi) is 4.63. The van der Waals surface area contributed by atoms with Crippen LogP contribution in [-0.4, -0.2) is 5.11 Å². The van der Waals surface area contributed by atoms with E-state index >= 15 is 0 Å². The molecule has 0 aromatic heterocycles. The van der Waals surface area contributed by atoms with Gasteiger partial charge in [0.05, 0.1) is 11.1 Å². The van der Waals surface area contributed by atoms with Crippen LogP contribution < -0.4 is 0 Å². The number of hydrogen-bond acceptors (Lipinski definition) is 1. The molecule has 1 aliphatic carbocycles. The maximum Gasteiger partial charge on any atom is 0.142 e. The Balaban J connectivity index is 2.10. The lowest BCUT2D eigenvalue weighted by Gasteiger charge is -2.32. The molecule has 3 heteroatoms. The lowest BCUT2D eigenvalue weighted by atomic mass is 9.76. The van der Waals surface area contributed by atoms with Gasteiger partial charge in [0, 0.05) is 0 Å². The molecule has 0 saturated heterocycles. The summed E-state index contributed by atoms with van der Waals surface area (Å²) in [6.45, 7) is 2.20. The molecular formula is C15H20ClFO. The van der Waals surface area contributed by atoms with Crippen molar-refractivity contribution in [2.24, 2.45) is 11.8 Å². The number of halogens is 2. The van der Waals surface area contributed by atoms with E-state index in [-0.39, 0.29) is 10.9 Å². The van der Waals surface area contributed by atoms with Crippen LogP contribution in [0.15, 0.2) is 18.2 Å². The Bertz CT molecular complexity index is 407. The van der Waals surface area contributed by atoms with Crippen LogP contribution >= 0.6 is 11.6 Å². The van der Waals surface area contributed by atoms with Gasteiger partial charge < -0.3 is 5.11 Å². The van der Waals surface area contributed by atoms with Crippen molar-refractivity contribution in [3.8, 4) is 0 Å². The molecule has 1 saturated carbocycles. The molecule has 1 nitrogen and oxygen atoms in total. The molecule has 3 atom stereocenters. The second-order valence-electron chi connectivity index (χ2n) is 5.32. The summed E-state index contributed by atoms with van der Waals surface area (Å²) >= 11 is 5.66. The molecule has 0 bridgehead atoms. The third-order valence-electron chi connectivity index (χ3n) is 4.13. The van der Waals surface area contributed by atoms with Crippen LogP contribution in [-0.2, 0) is 0 Å². The average molecular weight is 271 g/mol. The third-order valence-corrected chi connectivity index (χ3v) is 4.44. The van der Waals surface area contributed by atoms with Gasteiger partial charge in [-0.15, -0.1) is 0 Å². The Hall–Kier alpha value is -0.600. The smallest absolute Gasteiger partial charge is 0.142 e. The summed E-state index contributed by atoms with van der Waals surface area (Å²) in [4.78, 5) is 0. The van der Waals surface area contributed by atoms with E-state index in [4.69, 9.17) is 11.6 Å². The Morgan fingerprint density at radius 2 is 2.22 bits per heavy atom. The molecule has 100 valence electrons. The predicted octanol–water partition coefficient (Wildman–Crippen LogP) is 4.73. The second kappa shape index (κ2) is 6.03. The zero-order valence-corrected chi connectivity index (χ0v) is 11.5. The summed E-state index contributed by atoms with van der Waals surface area (Å²) in [7, 11) is 0. The molecule has 1 aromatic carbocycles. The Labute approximate surface area is 113 Å². The van der Waals surface area contributed by atoms with E-state index in [1.165, 1.54) is 18.6 Å². The van der Waals surface area contributed by atoms with Gasteiger partial charge >= 0.3 is 0 Å². The molecule has 1 fully saturated rings. The minimum Gasteiger partial charge on any atom is -0.388 e. The van der Waals surface area contributed by atoms with Crippen molar-refractivity contribution in [1.29, 1.82) is 0 Å². The van der Waals surface area contributed by atoms with Gasteiger partial charge in [0.1, 0.15) is 5.82 Å². The predicted molar refractivity (Wildman–Crippen MR) is 72.1 cm³/mol. The monoisotopic (exact) mass is 270 g/mol. The molecule has 1 N–H and O–H groups in total. The minimum absolute atomic E-state index is 0.112. The molecule has 0 spiro atoms. The van der Waals surface area contributed by atoms with Crippen molar-refractivity contribution in [3.05, 3.63) is 34.6 Å². The topological polar surface area (TPSA) is 20.2 Å². The maximum absolute atomic E-state index is 13.4. The van der Waals surface area contributed by atoms with E-state index in [0.717, 1.165) is 25.7 Å². The second-order valence-corrected chi connectivity index (χ2v) is 5.73. The fourth-order valence-electron chi connectivity index (χ4n) is 2.96. The first kappa shape index (κ1) is 13.8. The molecule has 0 radical (unpaired) electrons. The summed E-state index contributed by atoms with van der Waals surface area (Å²) < 4.78 is 13.4. The third kappa shape index (κ3) is 3.04. The van der Waals surface area contributed by atoms with Crippen molar-refractivity contribution >= 4 is 11.6 Å².